The molecule has 1 aliphatic rings. The summed E-state index contributed by atoms with van der Waals surface area (Å²) in [5.41, 5.74) is 0.494. The quantitative estimate of drug-likeness (QED) is 0.680. The van der Waals surface area contributed by atoms with Crippen LogP contribution >= 0.6 is 0 Å². The first-order chi connectivity index (χ1) is 8.22. The third-order valence-electron chi connectivity index (χ3n) is 3.05. The lowest BCUT2D eigenvalue weighted by atomic mass is 10.0. The van der Waals surface area contributed by atoms with E-state index in [1.807, 2.05) is 0 Å². The summed E-state index contributed by atoms with van der Waals surface area (Å²) in [6.45, 7) is 0.686. The van der Waals surface area contributed by atoms with Gasteiger partial charge >= 0.3 is 0 Å². The van der Waals surface area contributed by atoms with Crippen LogP contribution in [0.25, 0.3) is 0 Å². The Bertz CT molecular complexity index is 446. The number of rotatable bonds is 1. The van der Waals surface area contributed by atoms with Crippen molar-refractivity contribution in [2.75, 3.05) is 6.54 Å². The second-order valence-electron chi connectivity index (χ2n) is 4.18. The average Bonchev–Trinajstić information content (AvgIpc) is 2.39. The molecule has 1 atom stereocenters. The van der Waals surface area contributed by atoms with Crippen LogP contribution in [0.1, 0.15) is 29.6 Å². The third kappa shape index (κ3) is 2.47. The summed E-state index contributed by atoms with van der Waals surface area (Å²) in [7, 11) is 0. The number of amides is 1. The number of benzene rings is 1. The van der Waals surface area contributed by atoms with Gasteiger partial charge in [-0.3, -0.25) is 4.79 Å². The van der Waals surface area contributed by atoms with E-state index in [1.165, 1.54) is 24.3 Å². The molecule has 0 saturated carbocycles. The maximum Gasteiger partial charge on any atom is 0.254 e. The first kappa shape index (κ1) is 11.7. The van der Waals surface area contributed by atoms with E-state index in [9.17, 15) is 9.18 Å². The van der Waals surface area contributed by atoms with Crippen LogP contribution in [-0.2, 0) is 0 Å². The summed E-state index contributed by atoms with van der Waals surface area (Å²) in [6, 6.07) is 5.46. The van der Waals surface area contributed by atoms with E-state index in [4.69, 9.17) is 6.42 Å². The van der Waals surface area contributed by atoms with Crippen molar-refractivity contribution in [3.8, 4) is 12.3 Å². The van der Waals surface area contributed by atoms with Gasteiger partial charge in [0.1, 0.15) is 5.82 Å². The third-order valence-corrected chi connectivity index (χ3v) is 3.05. The number of piperidine rings is 1. The predicted molar refractivity (Wildman–Crippen MR) is 63.9 cm³/mol. The number of carbonyl (C=O) groups is 1. The van der Waals surface area contributed by atoms with Gasteiger partial charge in [-0.15, -0.1) is 6.42 Å². The number of halogens is 1. The maximum atomic E-state index is 12.8. The maximum absolute atomic E-state index is 12.8. The summed E-state index contributed by atoms with van der Waals surface area (Å²) in [4.78, 5) is 13.9. The Morgan fingerprint density at radius 2 is 2.06 bits per heavy atom. The van der Waals surface area contributed by atoms with E-state index in [-0.39, 0.29) is 17.8 Å². The summed E-state index contributed by atoms with van der Waals surface area (Å²) in [5.74, 6) is 2.20. The molecule has 1 heterocycles. The fourth-order valence-corrected chi connectivity index (χ4v) is 2.11. The highest BCUT2D eigenvalue weighted by molar-refractivity contribution is 5.94. The molecule has 0 bridgehead atoms. The molecule has 0 spiro atoms. The van der Waals surface area contributed by atoms with Crippen molar-refractivity contribution in [3.63, 3.8) is 0 Å². The monoisotopic (exact) mass is 231 g/mol. The normalized spacial score (nSPS) is 19.8. The molecule has 0 aromatic heterocycles. The molecule has 1 amide bonds. The highest BCUT2D eigenvalue weighted by Crippen LogP contribution is 2.19. The van der Waals surface area contributed by atoms with Crippen molar-refractivity contribution in [2.45, 2.75) is 25.3 Å². The van der Waals surface area contributed by atoms with Gasteiger partial charge in [0.2, 0.25) is 0 Å². The van der Waals surface area contributed by atoms with Crippen LogP contribution in [-0.4, -0.2) is 23.4 Å². The zero-order chi connectivity index (χ0) is 12.3. The minimum Gasteiger partial charge on any atom is -0.325 e. The molecule has 2 rings (SSSR count). The molecule has 0 unspecified atom stereocenters. The summed E-state index contributed by atoms with van der Waals surface area (Å²) in [6.07, 6.45) is 8.32. The minimum absolute atomic E-state index is 0.104. The van der Waals surface area contributed by atoms with Crippen molar-refractivity contribution >= 4 is 5.91 Å². The van der Waals surface area contributed by atoms with Crippen LogP contribution in [0, 0.1) is 18.2 Å². The summed E-state index contributed by atoms with van der Waals surface area (Å²) in [5, 5.41) is 0. The Balaban J connectivity index is 2.18. The smallest absolute Gasteiger partial charge is 0.254 e. The molecule has 1 saturated heterocycles. The van der Waals surface area contributed by atoms with Crippen molar-refractivity contribution < 1.29 is 9.18 Å². The number of terminal acetylenes is 1. The first-order valence-electron chi connectivity index (χ1n) is 5.75. The van der Waals surface area contributed by atoms with Gasteiger partial charge in [-0.05, 0) is 43.5 Å². The van der Waals surface area contributed by atoms with Gasteiger partial charge in [0.05, 0.1) is 6.04 Å². The van der Waals surface area contributed by atoms with Crippen LogP contribution in [0.4, 0.5) is 4.39 Å². The van der Waals surface area contributed by atoms with Crippen LogP contribution < -0.4 is 0 Å². The van der Waals surface area contributed by atoms with Gasteiger partial charge < -0.3 is 4.90 Å². The van der Waals surface area contributed by atoms with Crippen LogP contribution in [0.2, 0.25) is 0 Å². The molecule has 1 aromatic carbocycles. The molecular weight excluding hydrogens is 217 g/mol. The highest BCUT2D eigenvalue weighted by Gasteiger charge is 2.25. The van der Waals surface area contributed by atoms with Gasteiger partial charge in [-0.25, -0.2) is 4.39 Å². The highest BCUT2D eigenvalue weighted by atomic mass is 19.1. The van der Waals surface area contributed by atoms with Gasteiger partial charge in [0, 0.05) is 12.1 Å². The Morgan fingerprint density at radius 1 is 1.35 bits per heavy atom. The van der Waals surface area contributed by atoms with Gasteiger partial charge in [-0.2, -0.15) is 0 Å². The van der Waals surface area contributed by atoms with Crippen LogP contribution in [0.3, 0.4) is 0 Å². The lowest BCUT2D eigenvalue weighted by molar-refractivity contribution is 0.0672. The molecule has 2 nitrogen and oxygen atoms in total. The van der Waals surface area contributed by atoms with Crippen molar-refractivity contribution in [1.82, 2.24) is 4.90 Å². The molecule has 1 fully saturated rings. The largest absolute Gasteiger partial charge is 0.325 e. The second kappa shape index (κ2) is 5.01. The molecule has 3 heteroatoms. The average molecular weight is 231 g/mol. The molecule has 0 aliphatic carbocycles. The fraction of sp³-hybridized carbons (Fsp3) is 0.357. The Morgan fingerprint density at radius 3 is 2.71 bits per heavy atom. The number of carbonyl (C=O) groups excluding carboxylic acids is 1. The minimum atomic E-state index is -0.339. The van der Waals surface area contributed by atoms with E-state index in [1.54, 1.807) is 4.90 Å². The standard InChI is InChI=1S/C14H14FNO/c1-2-13-5-3-4-10-16(13)14(17)11-6-8-12(15)9-7-11/h1,6-9,13H,3-5,10H2/t13-/m1/s1. The molecule has 1 aliphatic heterocycles. The van der Waals surface area contributed by atoms with E-state index >= 15 is 0 Å². The van der Waals surface area contributed by atoms with E-state index < -0.39 is 0 Å². The summed E-state index contributed by atoms with van der Waals surface area (Å²) >= 11 is 0. The van der Waals surface area contributed by atoms with Crippen molar-refractivity contribution in [1.29, 1.82) is 0 Å². The lowest BCUT2D eigenvalue weighted by Gasteiger charge is -2.32. The van der Waals surface area contributed by atoms with Crippen molar-refractivity contribution in [3.05, 3.63) is 35.6 Å². The SMILES string of the molecule is C#C[C@@H]1CCCCN1C(=O)c1ccc(F)cc1. The molecule has 88 valence electrons. The first-order valence-corrected chi connectivity index (χ1v) is 5.75. The molecule has 0 N–H and O–H groups in total. The number of nitrogens with zero attached hydrogens (tertiary/aromatic N) is 1. The molecule has 17 heavy (non-hydrogen) atoms. The number of hydrogen-bond donors (Lipinski definition) is 0. The van der Waals surface area contributed by atoms with E-state index in [2.05, 4.69) is 5.92 Å². The predicted octanol–water partition coefficient (Wildman–Crippen LogP) is 2.45. The number of hydrogen-bond acceptors (Lipinski definition) is 1. The van der Waals surface area contributed by atoms with E-state index in [0.717, 1.165) is 19.3 Å². The summed E-state index contributed by atoms with van der Waals surface area (Å²) < 4.78 is 12.8. The zero-order valence-electron chi connectivity index (χ0n) is 9.53. The fourth-order valence-electron chi connectivity index (χ4n) is 2.11. The van der Waals surface area contributed by atoms with E-state index in [0.29, 0.717) is 12.1 Å². The Hall–Kier alpha value is -1.82. The molecular formula is C14H14FNO. The van der Waals surface area contributed by atoms with Gasteiger partial charge in [0.25, 0.3) is 5.91 Å². The zero-order valence-corrected chi connectivity index (χ0v) is 9.53. The lowest BCUT2D eigenvalue weighted by Crippen LogP contribution is -2.42. The Kier molecular flexibility index (Phi) is 3.43. The van der Waals surface area contributed by atoms with Crippen LogP contribution in [0.5, 0.6) is 0 Å². The second-order valence-corrected chi connectivity index (χ2v) is 4.18. The van der Waals surface area contributed by atoms with Crippen molar-refractivity contribution in [2.24, 2.45) is 0 Å². The van der Waals surface area contributed by atoms with Gasteiger partial charge in [-0.1, -0.05) is 5.92 Å². The van der Waals surface area contributed by atoms with Gasteiger partial charge in [0.15, 0.2) is 0 Å². The number of likely N-dealkylation sites (tertiary alicyclic amines) is 1. The Labute approximate surface area is 100 Å². The molecule has 0 radical (unpaired) electrons. The van der Waals surface area contributed by atoms with Crippen LogP contribution in [0.15, 0.2) is 24.3 Å². The topological polar surface area (TPSA) is 20.3 Å². The molecule has 1 aromatic rings.